The van der Waals surface area contributed by atoms with Crippen LogP contribution in [0.1, 0.15) is 30.8 Å². The summed E-state index contributed by atoms with van der Waals surface area (Å²) in [6.07, 6.45) is 1.77. The van der Waals surface area contributed by atoms with Crippen LogP contribution in [0.15, 0.2) is 0 Å². The molecule has 1 aromatic heterocycles. The van der Waals surface area contributed by atoms with Crippen LogP contribution in [0.2, 0.25) is 0 Å². The Morgan fingerprint density at radius 3 is 2.65 bits per heavy atom. The number of hydrogen-bond donors (Lipinski definition) is 3. The van der Waals surface area contributed by atoms with Gasteiger partial charge in [0.05, 0.1) is 11.8 Å². The lowest BCUT2D eigenvalue weighted by Crippen LogP contribution is -2.30. The fraction of sp³-hybridized carbons (Fsp3) is 0.786. The molecule has 1 aromatic rings. The average molecular weight is 303 g/mol. The SMILES string of the molecule is CCc1nn(C)c(CC)c1CNCC1CNCC1O.Cl. The second kappa shape index (κ2) is 7.98. The predicted octanol–water partition coefficient (Wildman–Crippen LogP) is 0.637. The Morgan fingerprint density at radius 1 is 1.35 bits per heavy atom. The molecule has 20 heavy (non-hydrogen) atoms. The van der Waals surface area contributed by atoms with Crippen molar-refractivity contribution in [1.82, 2.24) is 20.4 Å². The third kappa shape index (κ3) is 3.73. The molecule has 2 rings (SSSR count). The van der Waals surface area contributed by atoms with Crippen molar-refractivity contribution in [2.75, 3.05) is 19.6 Å². The highest BCUT2D eigenvalue weighted by Crippen LogP contribution is 2.15. The Hall–Kier alpha value is -0.620. The number of aliphatic hydroxyl groups is 1. The van der Waals surface area contributed by atoms with Crippen LogP contribution in [-0.2, 0) is 26.4 Å². The van der Waals surface area contributed by atoms with Crippen molar-refractivity contribution in [2.45, 2.75) is 39.3 Å². The molecular weight excluding hydrogens is 276 g/mol. The van der Waals surface area contributed by atoms with E-state index in [0.717, 1.165) is 39.0 Å². The lowest BCUT2D eigenvalue weighted by atomic mass is 10.1. The summed E-state index contributed by atoms with van der Waals surface area (Å²) >= 11 is 0. The fourth-order valence-corrected chi connectivity index (χ4v) is 2.90. The van der Waals surface area contributed by atoms with E-state index in [4.69, 9.17) is 0 Å². The summed E-state index contributed by atoms with van der Waals surface area (Å²) in [6.45, 7) is 7.65. The smallest absolute Gasteiger partial charge is 0.0716 e. The zero-order valence-electron chi connectivity index (χ0n) is 12.6. The maximum Gasteiger partial charge on any atom is 0.0716 e. The third-order valence-electron chi connectivity index (χ3n) is 4.04. The highest BCUT2D eigenvalue weighted by molar-refractivity contribution is 5.85. The predicted molar refractivity (Wildman–Crippen MR) is 83.3 cm³/mol. The van der Waals surface area contributed by atoms with Crippen LogP contribution >= 0.6 is 12.4 Å². The van der Waals surface area contributed by atoms with Crippen LogP contribution in [0.5, 0.6) is 0 Å². The molecule has 0 radical (unpaired) electrons. The first-order chi connectivity index (χ1) is 9.17. The van der Waals surface area contributed by atoms with Crippen molar-refractivity contribution >= 4 is 12.4 Å². The third-order valence-corrected chi connectivity index (χ3v) is 4.04. The van der Waals surface area contributed by atoms with E-state index in [1.54, 1.807) is 0 Å². The largest absolute Gasteiger partial charge is 0.391 e. The first kappa shape index (κ1) is 17.4. The monoisotopic (exact) mass is 302 g/mol. The summed E-state index contributed by atoms with van der Waals surface area (Å²) < 4.78 is 2.00. The average Bonchev–Trinajstić information content (AvgIpc) is 2.93. The van der Waals surface area contributed by atoms with Crippen molar-refractivity contribution in [3.8, 4) is 0 Å². The number of aromatic nitrogens is 2. The summed E-state index contributed by atoms with van der Waals surface area (Å²) in [5.74, 6) is 0.326. The minimum absolute atomic E-state index is 0. The molecule has 2 unspecified atom stereocenters. The van der Waals surface area contributed by atoms with Gasteiger partial charge in [0.25, 0.3) is 0 Å². The van der Waals surface area contributed by atoms with Gasteiger partial charge in [-0.25, -0.2) is 0 Å². The fourth-order valence-electron chi connectivity index (χ4n) is 2.90. The van der Waals surface area contributed by atoms with Crippen LogP contribution in [-0.4, -0.2) is 40.6 Å². The Bertz CT molecular complexity index is 422. The number of nitrogens with zero attached hydrogens (tertiary/aromatic N) is 2. The number of nitrogens with one attached hydrogen (secondary N) is 2. The Balaban J connectivity index is 0.00000200. The molecule has 1 fully saturated rings. The van der Waals surface area contributed by atoms with Gasteiger partial charge in [0.2, 0.25) is 0 Å². The van der Waals surface area contributed by atoms with Crippen molar-refractivity contribution in [3.05, 3.63) is 17.0 Å². The molecular formula is C14H27ClN4O. The number of hydrogen-bond acceptors (Lipinski definition) is 4. The van der Waals surface area contributed by atoms with Crippen LogP contribution in [0.4, 0.5) is 0 Å². The van der Waals surface area contributed by atoms with E-state index in [0.29, 0.717) is 5.92 Å². The lowest BCUT2D eigenvalue weighted by molar-refractivity contribution is 0.146. The number of aliphatic hydroxyl groups excluding tert-OH is 1. The molecule has 2 atom stereocenters. The van der Waals surface area contributed by atoms with Gasteiger partial charge in [-0.3, -0.25) is 4.68 Å². The van der Waals surface area contributed by atoms with E-state index in [-0.39, 0.29) is 18.5 Å². The van der Waals surface area contributed by atoms with E-state index < -0.39 is 0 Å². The molecule has 6 heteroatoms. The zero-order chi connectivity index (χ0) is 13.8. The molecule has 3 N–H and O–H groups in total. The normalized spacial score (nSPS) is 22.0. The van der Waals surface area contributed by atoms with E-state index in [2.05, 4.69) is 29.6 Å². The van der Waals surface area contributed by atoms with Crippen molar-refractivity contribution < 1.29 is 5.11 Å². The van der Waals surface area contributed by atoms with Crippen LogP contribution in [0, 0.1) is 5.92 Å². The van der Waals surface area contributed by atoms with Gasteiger partial charge in [0, 0.05) is 50.4 Å². The molecule has 0 aliphatic carbocycles. The number of β-amino-alcohol motifs (C(OH)–C–C–N with tert-alkyl or cyclic N) is 1. The summed E-state index contributed by atoms with van der Waals surface area (Å²) in [6, 6.07) is 0. The number of aryl methyl sites for hydroxylation is 2. The first-order valence-electron chi connectivity index (χ1n) is 7.30. The van der Waals surface area contributed by atoms with Gasteiger partial charge >= 0.3 is 0 Å². The van der Waals surface area contributed by atoms with Crippen LogP contribution in [0.25, 0.3) is 0 Å². The van der Waals surface area contributed by atoms with Gasteiger partial charge in [-0.2, -0.15) is 5.10 Å². The number of rotatable bonds is 6. The molecule has 5 nitrogen and oxygen atoms in total. The quantitative estimate of drug-likeness (QED) is 0.721. The molecule has 0 amide bonds. The van der Waals surface area contributed by atoms with Gasteiger partial charge < -0.3 is 15.7 Å². The topological polar surface area (TPSA) is 62.1 Å². The molecule has 116 valence electrons. The second-order valence-corrected chi connectivity index (χ2v) is 5.32. The minimum Gasteiger partial charge on any atom is -0.391 e. The van der Waals surface area contributed by atoms with E-state index in [1.807, 2.05) is 11.7 Å². The molecule has 0 aromatic carbocycles. The molecule has 0 bridgehead atoms. The standard InChI is InChI=1S/C14H26N4O.ClH/c1-4-12-11(13(5-2)18(3)17-12)8-15-6-10-7-16-9-14(10)19;/h10,14-16,19H,4-9H2,1-3H3;1H. The highest BCUT2D eigenvalue weighted by atomic mass is 35.5. The van der Waals surface area contributed by atoms with E-state index in [9.17, 15) is 5.11 Å². The lowest BCUT2D eigenvalue weighted by Gasteiger charge is -2.14. The summed E-state index contributed by atoms with van der Waals surface area (Å²) in [5.41, 5.74) is 3.85. The van der Waals surface area contributed by atoms with Crippen molar-refractivity contribution in [1.29, 1.82) is 0 Å². The molecule has 1 saturated heterocycles. The second-order valence-electron chi connectivity index (χ2n) is 5.32. The van der Waals surface area contributed by atoms with Gasteiger partial charge in [-0.15, -0.1) is 12.4 Å². The number of halogens is 1. The van der Waals surface area contributed by atoms with Gasteiger partial charge in [0.1, 0.15) is 0 Å². The molecule has 2 heterocycles. The molecule has 0 saturated carbocycles. The van der Waals surface area contributed by atoms with E-state index >= 15 is 0 Å². The van der Waals surface area contributed by atoms with Crippen LogP contribution in [0.3, 0.4) is 0 Å². The first-order valence-corrected chi connectivity index (χ1v) is 7.30. The Morgan fingerprint density at radius 2 is 2.10 bits per heavy atom. The maximum atomic E-state index is 9.77. The van der Waals surface area contributed by atoms with Gasteiger partial charge in [-0.1, -0.05) is 13.8 Å². The van der Waals surface area contributed by atoms with Gasteiger partial charge in [0.15, 0.2) is 0 Å². The summed E-state index contributed by atoms with van der Waals surface area (Å²) in [4.78, 5) is 0. The van der Waals surface area contributed by atoms with Gasteiger partial charge in [-0.05, 0) is 12.8 Å². The Kier molecular flexibility index (Phi) is 6.95. The van der Waals surface area contributed by atoms with E-state index in [1.165, 1.54) is 17.0 Å². The maximum absolute atomic E-state index is 9.77. The van der Waals surface area contributed by atoms with Crippen molar-refractivity contribution in [2.24, 2.45) is 13.0 Å². The molecule has 1 aliphatic heterocycles. The van der Waals surface area contributed by atoms with Crippen LogP contribution < -0.4 is 10.6 Å². The van der Waals surface area contributed by atoms with Crippen molar-refractivity contribution in [3.63, 3.8) is 0 Å². The molecule has 0 spiro atoms. The Labute approximate surface area is 127 Å². The zero-order valence-corrected chi connectivity index (χ0v) is 13.5. The molecule has 1 aliphatic rings. The minimum atomic E-state index is -0.210. The summed E-state index contributed by atoms with van der Waals surface area (Å²) in [7, 11) is 2.02. The highest BCUT2D eigenvalue weighted by Gasteiger charge is 2.24. The summed E-state index contributed by atoms with van der Waals surface area (Å²) in [5, 5.41) is 21.1.